The lowest BCUT2D eigenvalue weighted by atomic mass is 10.0. The summed E-state index contributed by atoms with van der Waals surface area (Å²) >= 11 is 0. The first-order valence-corrected chi connectivity index (χ1v) is 4.34. The van der Waals surface area contributed by atoms with Gasteiger partial charge < -0.3 is 15.9 Å². The van der Waals surface area contributed by atoms with Crippen LogP contribution in [-0.4, -0.2) is 16.2 Å². The molecule has 15 heavy (non-hydrogen) atoms. The molecule has 0 spiro atoms. The summed E-state index contributed by atoms with van der Waals surface area (Å²) < 4.78 is 0. The number of carboxylic acid groups (broad SMARTS) is 1. The topological polar surface area (TPSA) is 83.5 Å². The van der Waals surface area contributed by atoms with Gasteiger partial charge in [0.25, 0.3) is 0 Å². The quantitative estimate of drug-likeness (QED) is 0.617. The van der Waals surface area contributed by atoms with Crippen LogP contribution in [0.4, 0.5) is 5.69 Å². The molecule has 2 rings (SSSR count). The Balaban J connectivity index is 2.94. The van der Waals surface area contributed by atoms with Gasteiger partial charge in [0.15, 0.2) is 0 Å². The first-order chi connectivity index (χ1) is 7.11. The molecular weight excluding hydrogens is 194 g/mol. The second kappa shape index (κ2) is 3.16. The van der Waals surface area contributed by atoms with Crippen LogP contribution in [0.5, 0.6) is 5.75 Å². The number of nitrogen functional groups attached to an aromatic ring is 1. The van der Waals surface area contributed by atoms with E-state index in [-0.39, 0.29) is 17.0 Å². The van der Waals surface area contributed by atoms with Crippen LogP contribution >= 0.6 is 0 Å². The van der Waals surface area contributed by atoms with Crippen molar-refractivity contribution in [2.75, 3.05) is 5.73 Å². The molecule has 0 saturated heterocycles. The lowest BCUT2D eigenvalue weighted by Gasteiger charge is -2.06. The van der Waals surface area contributed by atoms with E-state index < -0.39 is 5.97 Å². The normalized spacial score (nSPS) is 10.4. The molecule has 0 radical (unpaired) electrons. The number of hydrogen-bond acceptors (Lipinski definition) is 3. The zero-order valence-corrected chi connectivity index (χ0v) is 7.77. The van der Waals surface area contributed by atoms with E-state index in [0.29, 0.717) is 10.8 Å². The lowest BCUT2D eigenvalue weighted by Crippen LogP contribution is -2.03. The lowest BCUT2D eigenvalue weighted by molar-refractivity contribution is 0.0700. The Morgan fingerprint density at radius 1 is 1.13 bits per heavy atom. The molecular formula is C11H9NO3. The number of hydrogen-bond donors (Lipinski definition) is 3. The summed E-state index contributed by atoms with van der Waals surface area (Å²) in [7, 11) is 0. The van der Waals surface area contributed by atoms with Gasteiger partial charge in [-0.1, -0.05) is 12.1 Å². The average Bonchev–Trinajstić information content (AvgIpc) is 2.17. The molecule has 2 aromatic carbocycles. The molecule has 0 aromatic heterocycles. The van der Waals surface area contributed by atoms with Gasteiger partial charge in [0, 0.05) is 16.5 Å². The number of carbonyl (C=O) groups is 1. The van der Waals surface area contributed by atoms with E-state index in [9.17, 15) is 9.90 Å². The third-order valence-corrected chi connectivity index (χ3v) is 2.28. The maximum absolute atomic E-state index is 11.0. The predicted octanol–water partition coefficient (Wildman–Crippen LogP) is 1.83. The molecule has 76 valence electrons. The van der Waals surface area contributed by atoms with Crippen molar-refractivity contribution >= 4 is 22.4 Å². The number of phenols is 1. The molecule has 0 heterocycles. The van der Waals surface area contributed by atoms with E-state index in [1.54, 1.807) is 18.2 Å². The number of nitrogens with two attached hydrogens (primary N) is 1. The highest BCUT2D eigenvalue weighted by Crippen LogP contribution is 2.30. The zero-order valence-electron chi connectivity index (χ0n) is 7.77. The third-order valence-electron chi connectivity index (χ3n) is 2.28. The number of fused-ring (bicyclic) bond motifs is 1. The minimum absolute atomic E-state index is 0.0309. The van der Waals surface area contributed by atoms with Crippen LogP contribution in [0.25, 0.3) is 10.8 Å². The van der Waals surface area contributed by atoms with Crippen LogP contribution in [0.1, 0.15) is 10.4 Å². The average molecular weight is 203 g/mol. The first-order valence-electron chi connectivity index (χ1n) is 4.34. The maximum atomic E-state index is 11.0. The Kier molecular flexibility index (Phi) is 1.97. The van der Waals surface area contributed by atoms with Crippen LogP contribution in [0.15, 0.2) is 30.3 Å². The summed E-state index contributed by atoms with van der Waals surface area (Å²) in [4.78, 5) is 11.0. The van der Waals surface area contributed by atoms with E-state index >= 15 is 0 Å². The van der Waals surface area contributed by atoms with Crippen LogP contribution in [0, 0.1) is 0 Å². The SMILES string of the molecule is Nc1ccc2c(O)cccc2c1C(=O)O. The fourth-order valence-corrected chi connectivity index (χ4v) is 1.60. The molecule has 0 bridgehead atoms. The summed E-state index contributed by atoms with van der Waals surface area (Å²) in [5, 5.41) is 19.5. The largest absolute Gasteiger partial charge is 0.507 e. The molecule has 0 amide bonds. The smallest absolute Gasteiger partial charge is 0.338 e. The second-order valence-electron chi connectivity index (χ2n) is 3.21. The zero-order chi connectivity index (χ0) is 11.0. The number of anilines is 1. The number of carboxylic acids is 1. The molecule has 0 unspecified atom stereocenters. The maximum Gasteiger partial charge on any atom is 0.338 e. The number of rotatable bonds is 1. The van der Waals surface area contributed by atoms with Crippen LogP contribution in [0.3, 0.4) is 0 Å². The molecule has 0 aliphatic carbocycles. The number of benzene rings is 2. The molecule has 0 atom stereocenters. The van der Waals surface area contributed by atoms with Gasteiger partial charge in [-0.3, -0.25) is 0 Å². The highest BCUT2D eigenvalue weighted by atomic mass is 16.4. The number of aromatic hydroxyl groups is 1. The second-order valence-corrected chi connectivity index (χ2v) is 3.21. The molecule has 2 aromatic rings. The Morgan fingerprint density at radius 2 is 1.87 bits per heavy atom. The highest BCUT2D eigenvalue weighted by Gasteiger charge is 2.13. The van der Waals surface area contributed by atoms with Crippen molar-refractivity contribution in [2.24, 2.45) is 0 Å². The summed E-state index contributed by atoms with van der Waals surface area (Å²) in [6.45, 7) is 0. The molecule has 4 nitrogen and oxygen atoms in total. The fraction of sp³-hybridized carbons (Fsp3) is 0. The minimum atomic E-state index is -1.09. The van der Waals surface area contributed by atoms with Gasteiger partial charge in [-0.2, -0.15) is 0 Å². The van der Waals surface area contributed by atoms with Crippen molar-refractivity contribution in [3.63, 3.8) is 0 Å². The Labute approximate surface area is 85.6 Å². The molecule has 0 aliphatic rings. The Hall–Kier alpha value is -2.23. The third kappa shape index (κ3) is 1.36. The fourth-order valence-electron chi connectivity index (χ4n) is 1.60. The van der Waals surface area contributed by atoms with Crippen molar-refractivity contribution in [3.8, 4) is 5.75 Å². The van der Waals surface area contributed by atoms with E-state index in [2.05, 4.69) is 0 Å². The molecule has 0 fully saturated rings. The van der Waals surface area contributed by atoms with Crippen LogP contribution in [-0.2, 0) is 0 Å². The van der Waals surface area contributed by atoms with Crippen molar-refractivity contribution in [2.45, 2.75) is 0 Å². The standard InChI is InChI=1S/C11H9NO3/c12-8-5-4-6-7(10(8)11(14)15)2-1-3-9(6)13/h1-5,13H,12H2,(H,14,15). The summed E-state index contributed by atoms with van der Waals surface area (Å²) in [6.07, 6.45) is 0. The summed E-state index contributed by atoms with van der Waals surface area (Å²) in [5.41, 5.74) is 5.80. The predicted molar refractivity (Wildman–Crippen MR) is 57.0 cm³/mol. The van der Waals surface area contributed by atoms with Gasteiger partial charge in [-0.25, -0.2) is 4.79 Å². The van der Waals surface area contributed by atoms with Gasteiger partial charge in [0.2, 0.25) is 0 Å². The van der Waals surface area contributed by atoms with Gasteiger partial charge in [-0.05, 0) is 18.2 Å². The van der Waals surface area contributed by atoms with E-state index in [4.69, 9.17) is 10.8 Å². The Morgan fingerprint density at radius 3 is 2.53 bits per heavy atom. The van der Waals surface area contributed by atoms with Crippen LogP contribution in [0.2, 0.25) is 0 Å². The van der Waals surface area contributed by atoms with Crippen molar-refractivity contribution in [3.05, 3.63) is 35.9 Å². The number of phenolic OH excluding ortho intramolecular Hbond substituents is 1. The van der Waals surface area contributed by atoms with Gasteiger partial charge in [0.05, 0.1) is 5.56 Å². The van der Waals surface area contributed by atoms with Gasteiger partial charge in [-0.15, -0.1) is 0 Å². The number of aromatic carboxylic acids is 1. The van der Waals surface area contributed by atoms with Crippen molar-refractivity contribution in [1.29, 1.82) is 0 Å². The van der Waals surface area contributed by atoms with Crippen molar-refractivity contribution < 1.29 is 15.0 Å². The molecule has 4 N–H and O–H groups in total. The van der Waals surface area contributed by atoms with Gasteiger partial charge in [0.1, 0.15) is 5.75 Å². The first kappa shape index (κ1) is 9.33. The monoisotopic (exact) mass is 203 g/mol. The van der Waals surface area contributed by atoms with E-state index in [1.165, 1.54) is 12.1 Å². The molecule has 4 heteroatoms. The minimum Gasteiger partial charge on any atom is -0.507 e. The van der Waals surface area contributed by atoms with E-state index in [0.717, 1.165) is 0 Å². The highest BCUT2D eigenvalue weighted by molar-refractivity contribution is 6.09. The summed E-state index contributed by atoms with van der Waals surface area (Å²) in [6, 6.07) is 7.79. The van der Waals surface area contributed by atoms with E-state index in [1.807, 2.05) is 0 Å². The Bertz CT molecular complexity index is 549. The van der Waals surface area contributed by atoms with Gasteiger partial charge >= 0.3 is 5.97 Å². The molecule has 0 aliphatic heterocycles. The van der Waals surface area contributed by atoms with Crippen molar-refractivity contribution in [1.82, 2.24) is 0 Å². The summed E-state index contributed by atoms with van der Waals surface area (Å²) in [5.74, 6) is -1.04. The van der Waals surface area contributed by atoms with Crippen LogP contribution < -0.4 is 5.73 Å². The molecule has 0 saturated carbocycles.